The molecule has 0 bridgehead atoms. The summed E-state index contributed by atoms with van der Waals surface area (Å²) in [6, 6.07) is 2.01. The zero-order chi connectivity index (χ0) is 14.5. The maximum Gasteiger partial charge on any atom is 0.195 e. The van der Waals surface area contributed by atoms with Crippen LogP contribution in [0.4, 0.5) is 0 Å². The molecule has 20 heavy (non-hydrogen) atoms. The molecule has 0 aliphatic rings. The second kappa shape index (κ2) is 6.70. The quantitative estimate of drug-likeness (QED) is 0.790. The maximum absolute atomic E-state index is 5.79. The topological polar surface area (TPSA) is 55.9 Å². The molecule has 110 valence electrons. The number of nitrogens with zero attached hydrogens (tertiary/aromatic N) is 3. The van der Waals surface area contributed by atoms with Gasteiger partial charge in [0.2, 0.25) is 0 Å². The minimum atomic E-state index is 0.691. The van der Waals surface area contributed by atoms with Crippen molar-refractivity contribution in [2.75, 3.05) is 13.1 Å². The zero-order valence-corrected chi connectivity index (χ0v) is 12.8. The number of rotatable bonds is 7. The molecule has 0 aliphatic heterocycles. The molecular formula is C15H24N4O. The fourth-order valence-electron chi connectivity index (χ4n) is 2.14. The number of hydrogen-bond donors (Lipinski definition) is 1. The molecule has 5 heteroatoms. The molecule has 2 heterocycles. The first-order valence-corrected chi connectivity index (χ1v) is 7.22. The minimum Gasteiger partial charge on any atom is -0.439 e. The third-order valence-electron chi connectivity index (χ3n) is 3.10. The lowest BCUT2D eigenvalue weighted by Crippen LogP contribution is -2.21. The number of aryl methyl sites for hydroxylation is 3. The van der Waals surface area contributed by atoms with E-state index in [4.69, 9.17) is 4.42 Å². The van der Waals surface area contributed by atoms with Crippen LogP contribution in [0.25, 0.3) is 11.5 Å². The SMILES string of the molecule is Cc1cc(-c2cnc(CCCNCC(C)C)o2)n(C)n1. The van der Waals surface area contributed by atoms with E-state index >= 15 is 0 Å². The Kier molecular flexibility index (Phi) is 4.95. The molecule has 0 aromatic carbocycles. The highest BCUT2D eigenvalue weighted by atomic mass is 16.4. The molecule has 2 rings (SSSR count). The molecule has 2 aromatic heterocycles. The predicted molar refractivity (Wildman–Crippen MR) is 79.5 cm³/mol. The van der Waals surface area contributed by atoms with Gasteiger partial charge in [-0.05, 0) is 38.4 Å². The lowest BCUT2D eigenvalue weighted by molar-refractivity contribution is 0.480. The monoisotopic (exact) mass is 276 g/mol. The summed E-state index contributed by atoms with van der Waals surface area (Å²) in [5.41, 5.74) is 1.96. The van der Waals surface area contributed by atoms with Gasteiger partial charge in [-0.3, -0.25) is 4.68 Å². The van der Waals surface area contributed by atoms with Crippen molar-refractivity contribution in [3.8, 4) is 11.5 Å². The Morgan fingerprint density at radius 3 is 2.85 bits per heavy atom. The summed E-state index contributed by atoms with van der Waals surface area (Å²) in [7, 11) is 1.92. The third-order valence-corrected chi connectivity index (χ3v) is 3.10. The van der Waals surface area contributed by atoms with Crippen molar-refractivity contribution in [3.63, 3.8) is 0 Å². The molecule has 0 spiro atoms. The molecule has 5 nitrogen and oxygen atoms in total. The van der Waals surface area contributed by atoms with Crippen molar-refractivity contribution < 1.29 is 4.42 Å². The van der Waals surface area contributed by atoms with Crippen molar-refractivity contribution >= 4 is 0 Å². The smallest absolute Gasteiger partial charge is 0.195 e. The van der Waals surface area contributed by atoms with E-state index in [2.05, 4.69) is 29.2 Å². The lowest BCUT2D eigenvalue weighted by atomic mass is 10.2. The summed E-state index contributed by atoms with van der Waals surface area (Å²) in [5, 5.41) is 7.74. The molecule has 0 atom stereocenters. The molecular weight excluding hydrogens is 252 g/mol. The van der Waals surface area contributed by atoms with Gasteiger partial charge in [0.25, 0.3) is 0 Å². The summed E-state index contributed by atoms with van der Waals surface area (Å²) < 4.78 is 7.62. The standard InChI is InChI=1S/C15H24N4O/c1-11(2)9-16-7-5-6-15-17-10-14(20-15)13-8-12(3)18-19(13)4/h8,10-11,16H,5-7,9H2,1-4H3. The fraction of sp³-hybridized carbons (Fsp3) is 0.600. The van der Waals surface area contributed by atoms with Crippen LogP contribution in [-0.4, -0.2) is 27.9 Å². The van der Waals surface area contributed by atoms with Crippen molar-refractivity contribution in [3.05, 3.63) is 23.8 Å². The van der Waals surface area contributed by atoms with Gasteiger partial charge in [-0.1, -0.05) is 13.8 Å². The Labute approximate surface area is 120 Å². The Morgan fingerprint density at radius 2 is 2.20 bits per heavy atom. The van der Waals surface area contributed by atoms with Crippen molar-refractivity contribution in [2.45, 2.75) is 33.6 Å². The van der Waals surface area contributed by atoms with E-state index in [1.807, 2.05) is 24.7 Å². The summed E-state index contributed by atoms with van der Waals surface area (Å²) in [5.74, 6) is 2.28. The Hall–Kier alpha value is -1.62. The number of oxazole rings is 1. The van der Waals surface area contributed by atoms with E-state index in [0.717, 1.165) is 49.0 Å². The summed E-state index contributed by atoms with van der Waals surface area (Å²) in [6.45, 7) is 8.46. The fourth-order valence-corrected chi connectivity index (χ4v) is 2.14. The van der Waals surface area contributed by atoms with E-state index in [0.29, 0.717) is 5.92 Å². The van der Waals surface area contributed by atoms with Crippen molar-refractivity contribution in [2.24, 2.45) is 13.0 Å². The van der Waals surface area contributed by atoms with Crippen LogP contribution in [0.3, 0.4) is 0 Å². The predicted octanol–water partition coefficient (Wildman–Crippen LogP) is 2.56. The molecule has 2 aromatic rings. The second-order valence-electron chi connectivity index (χ2n) is 5.61. The molecule has 0 aliphatic carbocycles. The number of aromatic nitrogens is 3. The normalized spacial score (nSPS) is 11.4. The van der Waals surface area contributed by atoms with E-state index in [9.17, 15) is 0 Å². The Bertz CT molecular complexity index is 542. The van der Waals surface area contributed by atoms with E-state index in [1.54, 1.807) is 6.20 Å². The summed E-state index contributed by atoms with van der Waals surface area (Å²) in [4.78, 5) is 4.34. The lowest BCUT2D eigenvalue weighted by Gasteiger charge is -2.05. The Morgan fingerprint density at radius 1 is 1.40 bits per heavy atom. The highest BCUT2D eigenvalue weighted by Gasteiger charge is 2.10. The minimum absolute atomic E-state index is 0.691. The van der Waals surface area contributed by atoms with E-state index in [1.165, 1.54) is 0 Å². The first-order valence-electron chi connectivity index (χ1n) is 7.22. The van der Waals surface area contributed by atoms with Gasteiger partial charge in [-0.2, -0.15) is 5.10 Å². The molecule has 0 saturated carbocycles. The first kappa shape index (κ1) is 14.8. The van der Waals surface area contributed by atoms with Crippen LogP contribution >= 0.6 is 0 Å². The van der Waals surface area contributed by atoms with Crippen molar-refractivity contribution in [1.29, 1.82) is 0 Å². The average Bonchev–Trinajstić information content (AvgIpc) is 2.95. The van der Waals surface area contributed by atoms with Crippen LogP contribution in [0.2, 0.25) is 0 Å². The van der Waals surface area contributed by atoms with Gasteiger partial charge in [-0.25, -0.2) is 4.98 Å². The van der Waals surface area contributed by atoms with Crippen LogP contribution < -0.4 is 5.32 Å². The van der Waals surface area contributed by atoms with Crippen LogP contribution in [0.1, 0.15) is 31.9 Å². The first-order chi connectivity index (χ1) is 9.56. The van der Waals surface area contributed by atoms with Crippen molar-refractivity contribution in [1.82, 2.24) is 20.1 Å². The number of hydrogen-bond acceptors (Lipinski definition) is 4. The van der Waals surface area contributed by atoms with Gasteiger partial charge in [0.15, 0.2) is 11.7 Å². The largest absolute Gasteiger partial charge is 0.439 e. The average molecular weight is 276 g/mol. The molecule has 0 amide bonds. The van der Waals surface area contributed by atoms with E-state index in [-0.39, 0.29) is 0 Å². The number of nitrogens with one attached hydrogen (secondary N) is 1. The molecule has 0 unspecified atom stereocenters. The highest BCUT2D eigenvalue weighted by molar-refractivity contribution is 5.51. The second-order valence-corrected chi connectivity index (χ2v) is 5.61. The van der Waals surface area contributed by atoms with Gasteiger partial charge in [0.05, 0.1) is 11.9 Å². The molecule has 0 radical (unpaired) electrons. The highest BCUT2D eigenvalue weighted by Crippen LogP contribution is 2.21. The van der Waals surface area contributed by atoms with Gasteiger partial charge in [0, 0.05) is 13.5 Å². The molecule has 0 fully saturated rings. The van der Waals surface area contributed by atoms with Gasteiger partial charge in [0.1, 0.15) is 5.69 Å². The molecule has 0 saturated heterocycles. The Balaban J connectivity index is 1.85. The van der Waals surface area contributed by atoms with Gasteiger partial charge < -0.3 is 9.73 Å². The maximum atomic E-state index is 5.79. The third kappa shape index (κ3) is 3.93. The van der Waals surface area contributed by atoms with Crippen LogP contribution in [0, 0.1) is 12.8 Å². The van der Waals surface area contributed by atoms with Crippen LogP contribution in [-0.2, 0) is 13.5 Å². The van der Waals surface area contributed by atoms with Gasteiger partial charge >= 0.3 is 0 Å². The van der Waals surface area contributed by atoms with Crippen LogP contribution in [0.15, 0.2) is 16.7 Å². The zero-order valence-electron chi connectivity index (χ0n) is 12.8. The molecule has 1 N–H and O–H groups in total. The van der Waals surface area contributed by atoms with Crippen LogP contribution in [0.5, 0.6) is 0 Å². The summed E-state index contributed by atoms with van der Waals surface area (Å²) in [6.07, 6.45) is 3.69. The summed E-state index contributed by atoms with van der Waals surface area (Å²) >= 11 is 0. The van der Waals surface area contributed by atoms with E-state index < -0.39 is 0 Å². The van der Waals surface area contributed by atoms with Gasteiger partial charge in [-0.15, -0.1) is 0 Å².